The Morgan fingerprint density at radius 3 is 2.51 bits per heavy atom. The minimum Gasteiger partial charge on any atom is -0.479 e. The molecule has 3 aliphatic heterocycles. The maximum absolute atomic E-state index is 15.0. The van der Waals surface area contributed by atoms with Crippen molar-refractivity contribution in [3.63, 3.8) is 0 Å². The number of aryl methyl sites for hydroxylation is 2. The number of carboxylic acid groups (broad SMARTS) is 1. The molecule has 2 aromatic carbocycles. The summed E-state index contributed by atoms with van der Waals surface area (Å²) in [4.78, 5) is 20.3. The SMILES string of the molecule is Cc1cc2c(cc1F)-c1cccc(c1)-c1cn3c(c([C@H](OC(C)(C)C)C(=O)O)c(C)c(C)c3n1)N1CCC(C)(CC1)OCCCC[C@H](N)O2. The molecule has 10 heteroatoms. The fraction of sp³-hybridized carbons (Fsp3) is 0.487. The van der Waals surface area contributed by atoms with Gasteiger partial charge in [-0.1, -0.05) is 18.2 Å². The Bertz CT molecular complexity index is 1870. The lowest BCUT2D eigenvalue weighted by molar-refractivity contribution is -0.160. The second-order valence-corrected chi connectivity index (χ2v) is 14.9. The topological polar surface area (TPSA) is 112 Å². The van der Waals surface area contributed by atoms with E-state index in [1.165, 1.54) is 6.07 Å². The molecule has 1 fully saturated rings. The number of aliphatic carboxylic acids is 1. The van der Waals surface area contributed by atoms with Crippen molar-refractivity contribution in [2.45, 2.75) is 104 Å². The molecular weight excluding hydrogens is 623 g/mol. The summed E-state index contributed by atoms with van der Waals surface area (Å²) in [6, 6.07) is 11.0. The molecule has 49 heavy (non-hydrogen) atoms. The average molecular weight is 673 g/mol. The summed E-state index contributed by atoms with van der Waals surface area (Å²) in [6.07, 6.45) is 4.07. The maximum atomic E-state index is 15.0. The lowest BCUT2D eigenvalue weighted by atomic mass is 9.92. The van der Waals surface area contributed by atoms with Crippen LogP contribution in [0.2, 0.25) is 0 Å². The quantitative estimate of drug-likeness (QED) is 0.226. The van der Waals surface area contributed by atoms with Crippen LogP contribution in [0.5, 0.6) is 5.75 Å². The third-order valence-electron chi connectivity index (χ3n) is 9.90. The summed E-state index contributed by atoms with van der Waals surface area (Å²) in [7, 11) is 0. The lowest BCUT2D eigenvalue weighted by Crippen LogP contribution is -2.45. The number of carboxylic acids is 1. The molecule has 9 nitrogen and oxygen atoms in total. The number of anilines is 1. The van der Waals surface area contributed by atoms with Gasteiger partial charge in [-0.25, -0.2) is 14.2 Å². The highest BCUT2D eigenvalue weighted by atomic mass is 19.1. The monoisotopic (exact) mass is 672 g/mol. The van der Waals surface area contributed by atoms with Gasteiger partial charge in [0.25, 0.3) is 0 Å². The molecule has 0 unspecified atom stereocenters. The van der Waals surface area contributed by atoms with E-state index >= 15 is 4.39 Å². The standard InChI is InChI=1S/C39H49FN4O5/c1-23-19-31-28(21-29(23)40)26-11-10-12-27(20-26)30-22-44-35(42-30)25(3)24(2)33(34(37(45)46)49-38(4,5)6)36(44)43-16-14-39(7,15-17-43)47-18-9-8-13-32(41)48-31/h10-12,19-22,32,34H,8-9,13-18,41H2,1-7H3,(H,45,46)/t32-,34+/m1/s1. The highest BCUT2D eigenvalue weighted by molar-refractivity contribution is 5.82. The van der Waals surface area contributed by atoms with Crippen molar-refractivity contribution in [1.82, 2.24) is 9.38 Å². The number of imidazole rings is 1. The van der Waals surface area contributed by atoms with Crippen molar-refractivity contribution in [2.75, 3.05) is 24.6 Å². The van der Waals surface area contributed by atoms with E-state index in [-0.39, 0.29) is 11.4 Å². The fourth-order valence-electron chi connectivity index (χ4n) is 6.98. The number of nitrogens with zero attached hydrogens (tertiary/aromatic N) is 3. The van der Waals surface area contributed by atoms with Crippen LogP contribution in [0.25, 0.3) is 28.0 Å². The van der Waals surface area contributed by atoms with Gasteiger partial charge in [-0.2, -0.15) is 0 Å². The third kappa shape index (κ3) is 7.18. The van der Waals surface area contributed by atoms with Gasteiger partial charge >= 0.3 is 5.97 Å². The molecule has 0 spiro atoms. The molecule has 6 bridgehead atoms. The normalized spacial score (nSPS) is 21.0. The molecule has 1 saturated heterocycles. The van der Waals surface area contributed by atoms with Gasteiger partial charge in [0.15, 0.2) is 6.10 Å². The smallest absolute Gasteiger partial charge is 0.337 e. The van der Waals surface area contributed by atoms with Crippen molar-refractivity contribution < 1.29 is 28.5 Å². The first-order chi connectivity index (χ1) is 23.1. The van der Waals surface area contributed by atoms with Crippen molar-refractivity contribution >= 4 is 17.4 Å². The molecule has 5 heterocycles. The molecule has 0 saturated carbocycles. The van der Waals surface area contributed by atoms with Gasteiger partial charge in [-0.05, 0) is 121 Å². The minimum atomic E-state index is -1.19. The lowest BCUT2D eigenvalue weighted by Gasteiger charge is -2.42. The molecule has 262 valence electrons. The number of pyridine rings is 1. The zero-order chi connectivity index (χ0) is 35.2. The number of nitrogens with two attached hydrogens (primary N) is 1. The molecule has 7 rings (SSSR count). The molecule has 0 amide bonds. The van der Waals surface area contributed by atoms with Crippen LogP contribution in [0.4, 0.5) is 10.2 Å². The number of hydrogen-bond donors (Lipinski definition) is 2. The zero-order valence-corrected chi connectivity index (χ0v) is 29.7. The highest BCUT2D eigenvalue weighted by Crippen LogP contribution is 2.42. The van der Waals surface area contributed by atoms with Crippen molar-refractivity contribution in [3.8, 4) is 28.1 Å². The van der Waals surface area contributed by atoms with Crippen LogP contribution in [0.1, 0.15) is 88.2 Å². The van der Waals surface area contributed by atoms with Crippen LogP contribution in [-0.4, -0.2) is 57.6 Å². The van der Waals surface area contributed by atoms with Gasteiger partial charge in [0.2, 0.25) is 0 Å². The molecule has 0 radical (unpaired) electrons. The van der Waals surface area contributed by atoms with Gasteiger partial charge in [0, 0.05) is 42.6 Å². The molecular formula is C39H49FN4O5. The molecule has 0 aliphatic carbocycles. The van der Waals surface area contributed by atoms with Gasteiger partial charge in [0.05, 0.1) is 16.9 Å². The Kier molecular flexibility index (Phi) is 9.52. The van der Waals surface area contributed by atoms with Gasteiger partial charge in [-0.3, -0.25) is 10.1 Å². The Morgan fingerprint density at radius 1 is 1.10 bits per heavy atom. The second-order valence-electron chi connectivity index (χ2n) is 14.9. The summed E-state index contributed by atoms with van der Waals surface area (Å²) in [5, 5.41) is 10.6. The van der Waals surface area contributed by atoms with Crippen LogP contribution in [0.3, 0.4) is 0 Å². The number of halogens is 1. The van der Waals surface area contributed by atoms with Crippen LogP contribution < -0.4 is 15.4 Å². The van der Waals surface area contributed by atoms with Crippen molar-refractivity contribution in [1.29, 1.82) is 0 Å². The number of fused-ring (bicyclic) bond motifs is 8. The molecule has 3 aliphatic rings. The van der Waals surface area contributed by atoms with E-state index in [4.69, 9.17) is 24.9 Å². The van der Waals surface area contributed by atoms with Crippen molar-refractivity contribution in [3.05, 3.63) is 70.7 Å². The van der Waals surface area contributed by atoms with E-state index in [0.29, 0.717) is 54.3 Å². The summed E-state index contributed by atoms with van der Waals surface area (Å²) < 4.78 is 36.1. The maximum Gasteiger partial charge on any atom is 0.337 e. The third-order valence-corrected chi connectivity index (χ3v) is 9.90. The number of ether oxygens (including phenoxy) is 3. The Hall–Kier alpha value is -3.99. The van der Waals surface area contributed by atoms with Gasteiger partial charge in [0.1, 0.15) is 29.3 Å². The first-order valence-corrected chi connectivity index (χ1v) is 17.3. The largest absolute Gasteiger partial charge is 0.479 e. The van der Waals surface area contributed by atoms with E-state index in [1.807, 2.05) is 69.5 Å². The number of rotatable bonds is 3. The number of piperidine rings is 1. The first kappa shape index (κ1) is 34.9. The van der Waals surface area contributed by atoms with E-state index in [2.05, 4.69) is 11.8 Å². The number of hydrogen-bond acceptors (Lipinski definition) is 7. The van der Waals surface area contributed by atoms with Crippen molar-refractivity contribution in [2.24, 2.45) is 5.73 Å². The summed E-state index contributed by atoms with van der Waals surface area (Å²) >= 11 is 0. The minimum absolute atomic E-state index is 0.315. The molecule has 3 N–H and O–H groups in total. The predicted molar refractivity (Wildman–Crippen MR) is 190 cm³/mol. The van der Waals surface area contributed by atoms with E-state index in [9.17, 15) is 9.90 Å². The molecule has 4 aromatic rings. The van der Waals surface area contributed by atoms with Crippen LogP contribution in [0.15, 0.2) is 42.6 Å². The highest BCUT2D eigenvalue weighted by Gasteiger charge is 2.38. The zero-order valence-electron chi connectivity index (χ0n) is 29.7. The van der Waals surface area contributed by atoms with Crippen LogP contribution >= 0.6 is 0 Å². The van der Waals surface area contributed by atoms with E-state index in [0.717, 1.165) is 59.4 Å². The Labute approximate surface area is 288 Å². The number of benzene rings is 2. The van der Waals surface area contributed by atoms with Gasteiger partial charge in [-0.15, -0.1) is 0 Å². The number of carbonyl (C=O) groups is 1. The van der Waals surface area contributed by atoms with E-state index in [1.54, 1.807) is 13.0 Å². The Balaban J connectivity index is 1.57. The van der Waals surface area contributed by atoms with E-state index < -0.39 is 23.9 Å². The van der Waals surface area contributed by atoms with Crippen LogP contribution in [0, 0.1) is 26.6 Å². The number of aromatic nitrogens is 2. The van der Waals surface area contributed by atoms with Gasteiger partial charge < -0.3 is 24.2 Å². The van der Waals surface area contributed by atoms with Crippen LogP contribution in [-0.2, 0) is 14.3 Å². The first-order valence-electron chi connectivity index (χ1n) is 17.3. The fourth-order valence-corrected chi connectivity index (χ4v) is 6.98. The Morgan fingerprint density at radius 2 is 1.82 bits per heavy atom. The molecule has 2 atom stereocenters. The summed E-state index contributed by atoms with van der Waals surface area (Å²) in [6.45, 7) is 15.4. The second kappa shape index (κ2) is 13.4. The summed E-state index contributed by atoms with van der Waals surface area (Å²) in [5.74, 6) is -0.0714. The molecule has 2 aromatic heterocycles. The summed E-state index contributed by atoms with van der Waals surface area (Å²) in [5.41, 5.74) is 11.9. The average Bonchev–Trinajstić information content (AvgIpc) is 3.48. The predicted octanol–water partition coefficient (Wildman–Crippen LogP) is 7.90.